The maximum absolute atomic E-state index is 13.1. The lowest BCUT2D eigenvalue weighted by Crippen LogP contribution is -2.31. The number of thiazole rings is 1. The van der Waals surface area contributed by atoms with Gasteiger partial charge in [0.1, 0.15) is 5.75 Å². The van der Waals surface area contributed by atoms with Gasteiger partial charge in [-0.05, 0) is 43.2 Å². The minimum atomic E-state index is 0.0328. The summed E-state index contributed by atoms with van der Waals surface area (Å²) < 4.78 is 11.4. The summed E-state index contributed by atoms with van der Waals surface area (Å²) >= 11 is 1.56. The van der Waals surface area contributed by atoms with Gasteiger partial charge in [-0.3, -0.25) is 9.78 Å². The molecule has 1 aliphatic heterocycles. The maximum Gasteiger partial charge on any atom is 0.229 e. The van der Waals surface area contributed by atoms with Crippen LogP contribution >= 0.6 is 11.3 Å². The minimum absolute atomic E-state index is 0.0328. The zero-order valence-electron chi connectivity index (χ0n) is 17.7. The smallest absolute Gasteiger partial charge is 0.229 e. The van der Waals surface area contributed by atoms with Crippen molar-refractivity contribution in [2.75, 3.05) is 19.8 Å². The standard InChI is InChI=1S/C24H27N3O3S/c1-18-26-22(17-31-18)12-24(28)27(14-21-6-2-3-9-25-21)13-19-5-4-7-23(11-19)30-16-20-8-10-29-15-20/h2-7,9,11,17,20H,8,10,12-16H2,1H3/t20-/m1/s1. The van der Waals surface area contributed by atoms with E-state index in [9.17, 15) is 4.79 Å². The Labute approximate surface area is 186 Å². The molecule has 0 radical (unpaired) electrons. The van der Waals surface area contributed by atoms with Gasteiger partial charge in [0.05, 0.1) is 42.6 Å². The van der Waals surface area contributed by atoms with Gasteiger partial charge in [-0.2, -0.15) is 0 Å². The van der Waals surface area contributed by atoms with E-state index in [1.54, 1.807) is 17.5 Å². The molecule has 162 valence electrons. The minimum Gasteiger partial charge on any atom is -0.493 e. The van der Waals surface area contributed by atoms with Gasteiger partial charge in [0, 0.05) is 30.6 Å². The molecule has 7 heteroatoms. The van der Waals surface area contributed by atoms with Crippen LogP contribution in [-0.2, 0) is 29.0 Å². The van der Waals surface area contributed by atoms with E-state index in [-0.39, 0.29) is 12.3 Å². The molecule has 3 aromatic rings. The van der Waals surface area contributed by atoms with Crippen molar-refractivity contribution in [3.8, 4) is 5.75 Å². The third-order valence-corrected chi connectivity index (χ3v) is 6.03. The number of ether oxygens (including phenoxy) is 2. The van der Waals surface area contributed by atoms with E-state index in [0.717, 1.165) is 47.3 Å². The predicted molar refractivity (Wildman–Crippen MR) is 120 cm³/mol. The second-order valence-electron chi connectivity index (χ2n) is 7.79. The second-order valence-corrected chi connectivity index (χ2v) is 8.86. The van der Waals surface area contributed by atoms with Crippen LogP contribution in [0.2, 0.25) is 0 Å². The number of pyridine rings is 1. The summed E-state index contributed by atoms with van der Waals surface area (Å²) in [7, 11) is 0. The molecule has 1 aromatic carbocycles. The molecule has 3 heterocycles. The maximum atomic E-state index is 13.1. The van der Waals surface area contributed by atoms with Crippen LogP contribution in [0.3, 0.4) is 0 Å². The predicted octanol–water partition coefficient (Wildman–Crippen LogP) is 4.03. The average Bonchev–Trinajstić information content (AvgIpc) is 3.44. The first-order chi connectivity index (χ1) is 15.2. The SMILES string of the molecule is Cc1nc(CC(=O)N(Cc2cccc(OC[C@@H]3CCOC3)c2)Cc2ccccn2)cs1. The summed E-state index contributed by atoms with van der Waals surface area (Å²) in [5.41, 5.74) is 2.70. The van der Waals surface area contributed by atoms with Gasteiger partial charge < -0.3 is 14.4 Å². The van der Waals surface area contributed by atoms with Crippen molar-refractivity contribution in [3.05, 3.63) is 76.0 Å². The van der Waals surface area contributed by atoms with Crippen LogP contribution in [0, 0.1) is 12.8 Å². The summed E-state index contributed by atoms with van der Waals surface area (Å²) in [5.74, 6) is 1.31. The average molecular weight is 438 g/mol. The Morgan fingerprint density at radius 3 is 2.90 bits per heavy atom. The van der Waals surface area contributed by atoms with Gasteiger partial charge in [0.2, 0.25) is 5.91 Å². The van der Waals surface area contributed by atoms with Crippen molar-refractivity contribution in [1.82, 2.24) is 14.9 Å². The molecule has 2 aromatic heterocycles. The number of hydrogen-bond donors (Lipinski definition) is 0. The molecule has 0 saturated carbocycles. The Balaban J connectivity index is 1.45. The Hall–Kier alpha value is -2.77. The summed E-state index contributed by atoms with van der Waals surface area (Å²) in [6.07, 6.45) is 3.08. The largest absolute Gasteiger partial charge is 0.493 e. The fraction of sp³-hybridized carbons (Fsp3) is 0.375. The Bertz CT molecular complexity index is 986. The molecule has 0 bridgehead atoms. The molecule has 0 spiro atoms. The highest BCUT2D eigenvalue weighted by Crippen LogP contribution is 2.20. The molecule has 0 N–H and O–H groups in total. The molecular weight excluding hydrogens is 410 g/mol. The molecular formula is C24H27N3O3S. The van der Waals surface area contributed by atoms with E-state index in [1.165, 1.54) is 0 Å². The van der Waals surface area contributed by atoms with Gasteiger partial charge in [-0.15, -0.1) is 11.3 Å². The van der Waals surface area contributed by atoms with Crippen LogP contribution in [0.4, 0.5) is 0 Å². The number of carbonyl (C=O) groups excluding carboxylic acids is 1. The van der Waals surface area contributed by atoms with E-state index >= 15 is 0 Å². The fourth-order valence-electron chi connectivity index (χ4n) is 3.56. The van der Waals surface area contributed by atoms with E-state index < -0.39 is 0 Å². The quantitative estimate of drug-likeness (QED) is 0.506. The van der Waals surface area contributed by atoms with Crippen molar-refractivity contribution in [2.24, 2.45) is 5.92 Å². The normalized spacial score (nSPS) is 15.7. The van der Waals surface area contributed by atoms with Crippen LogP contribution in [0.15, 0.2) is 54.0 Å². The molecule has 0 unspecified atom stereocenters. The molecule has 1 amide bonds. The summed E-state index contributed by atoms with van der Waals surface area (Å²) in [5, 5.41) is 2.92. The highest BCUT2D eigenvalue weighted by atomic mass is 32.1. The fourth-order valence-corrected chi connectivity index (χ4v) is 4.17. The number of benzene rings is 1. The van der Waals surface area contributed by atoms with Crippen molar-refractivity contribution in [3.63, 3.8) is 0 Å². The molecule has 6 nitrogen and oxygen atoms in total. The Morgan fingerprint density at radius 1 is 1.23 bits per heavy atom. The number of amides is 1. The van der Waals surface area contributed by atoms with E-state index in [1.807, 2.05) is 59.7 Å². The Morgan fingerprint density at radius 2 is 2.16 bits per heavy atom. The first-order valence-electron chi connectivity index (χ1n) is 10.5. The zero-order valence-corrected chi connectivity index (χ0v) is 18.5. The van der Waals surface area contributed by atoms with Crippen molar-refractivity contribution < 1.29 is 14.3 Å². The monoisotopic (exact) mass is 437 g/mol. The van der Waals surface area contributed by atoms with Gasteiger partial charge >= 0.3 is 0 Å². The first kappa shape index (κ1) is 21.5. The number of carbonyl (C=O) groups is 1. The summed E-state index contributed by atoms with van der Waals surface area (Å²) in [6, 6.07) is 13.7. The van der Waals surface area contributed by atoms with Crippen LogP contribution < -0.4 is 4.74 Å². The van der Waals surface area contributed by atoms with Crippen molar-refractivity contribution in [2.45, 2.75) is 32.9 Å². The van der Waals surface area contributed by atoms with Gasteiger partial charge in [0.25, 0.3) is 0 Å². The lowest BCUT2D eigenvalue weighted by atomic mass is 10.1. The molecule has 1 saturated heterocycles. The number of rotatable bonds is 9. The number of hydrogen-bond acceptors (Lipinski definition) is 6. The van der Waals surface area contributed by atoms with Crippen molar-refractivity contribution >= 4 is 17.2 Å². The molecule has 4 rings (SSSR count). The number of aromatic nitrogens is 2. The highest BCUT2D eigenvalue weighted by molar-refractivity contribution is 7.09. The van der Waals surface area contributed by atoms with E-state index in [0.29, 0.717) is 25.6 Å². The van der Waals surface area contributed by atoms with Crippen LogP contribution in [0.1, 0.15) is 28.4 Å². The molecule has 1 aliphatic rings. The van der Waals surface area contributed by atoms with Crippen LogP contribution in [0.5, 0.6) is 5.75 Å². The van der Waals surface area contributed by atoms with E-state index in [4.69, 9.17) is 9.47 Å². The third-order valence-electron chi connectivity index (χ3n) is 5.21. The third kappa shape index (κ3) is 6.35. The van der Waals surface area contributed by atoms with Gasteiger partial charge in [-0.25, -0.2) is 4.98 Å². The lowest BCUT2D eigenvalue weighted by Gasteiger charge is -2.23. The topological polar surface area (TPSA) is 64.6 Å². The number of nitrogens with zero attached hydrogens (tertiary/aromatic N) is 3. The van der Waals surface area contributed by atoms with Crippen LogP contribution in [-0.4, -0.2) is 40.6 Å². The summed E-state index contributed by atoms with van der Waals surface area (Å²) in [6.45, 7) is 5.13. The zero-order chi connectivity index (χ0) is 21.5. The van der Waals surface area contributed by atoms with Crippen molar-refractivity contribution in [1.29, 1.82) is 0 Å². The molecule has 31 heavy (non-hydrogen) atoms. The number of aryl methyl sites for hydroxylation is 1. The van der Waals surface area contributed by atoms with Gasteiger partial charge in [-0.1, -0.05) is 18.2 Å². The second kappa shape index (κ2) is 10.5. The highest BCUT2D eigenvalue weighted by Gasteiger charge is 2.18. The molecule has 1 atom stereocenters. The summed E-state index contributed by atoms with van der Waals surface area (Å²) in [4.78, 5) is 23.8. The lowest BCUT2D eigenvalue weighted by molar-refractivity contribution is -0.131. The van der Waals surface area contributed by atoms with Crippen LogP contribution in [0.25, 0.3) is 0 Å². The Kier molecular flexibility index (Phi) is 7.27. The molecule has 0 aliphatic carbocycles. The van der Waals surface area contributed by atoms with Gasteiger partial charge in [0.15, 0.2) is 0 Å². The molecule has 1 fully saturated rings. The van der Waals surface area contributed by atoms with E-state index in [2.05, 4.69) is 9.97 Å². The first-order valence-corrected chi connectivity index (χ1v) is 11.4.